The Balaban J connectivity index is 2.06. The summed E-state index contributed by atoms with van der Waals surface area (Å²) in [5.41, 5.74) is 1.20. The number of nitrogens with zero attached hydrogens (tertiary/aromatic N) is 1. The Morgan fingerprint density at radius 3 is 2.40 bits per heavy atom. The first-order valence-electron chi connectivity index (χ1n) is 7.55. The quantitative estimate of drug-likeness (QED) is 0.552. The zero-order chi connectivity index (χ0) is 18.4. The Morgan fingerprint density at radius 1 is 1.04 bits per heavy atom. The molecule has 0 aliphatic rings. The van der Waals surface area contributed by atoms with Crippen molar-refractivity contribution in [1.82, 2.24) is 0 Å². The first-order valence-corrected chi connectivity index (χ1v) is 7.55. The van der Waals surface area contributed by atoms with E-state index < -0.39 is 16.9 Å². The summed E-state index contributed by atoms with van der Waals surface area (Å²) in [6.07, 6.45) is 0. The molecule has 0 fully saturated rings. The minimum atomic E-state index is -0.646. The van der Waals surface area contributed by atoms with Crippen molar-refractivity contribution in [3.63, 3.8) is 0 Å². The zero-order valence-corrected chi connectivity index (χ0v) is 13.8. The molecule has 0 saturated carbocycles. The van der Waals surface area contributed by atoms with Gasteiger partial charge in [-0.2, -0.15) is 0 Å². The van der Waals surface area contributed by atoms with Gasteiger partial charge < -0.3 is 16.0 Å². The molecule has 25 heavy (non-hydrogen) atoms. The van der Waals surface area contributed by atoms with Crippen LogP contribution in [0.1, 0.15) is 13.8 Å². The summed E-state index contributed by atoms with van der Waals surface area (Å²) in [7, 11) is 0. The van der Waals surface area contributed by atoms with Crippen LogP contribution in [0.25, 0.3) is 0 Å². The fraction of sp³-hybridized carbons (Fsp3) is 0.176. The van der Waals surface area contributed by atoms with Crippen LogP contribution in [-0.4, -0.2) is 22.8 Å². The third-order valence-corrected chi connectivity index (χ3v) is 3.32. The molecule has 2 rings (SSSR count). The predicted octanol–water partition coefficient (Wildman–Crippen LogP) is 2.99. The Kier molecular flexibility index (Phi) is 5.67. The molecule has 2 aromatic rings. The van der Waals surface area contributed by atoms with Gasteiger partial charge in [0.25, 0.3) is 5.69 Å². The molecule has 2 amide bonds. The van der Waals surface area contributed by atoms with Gasteiger partial charge in [0, 0.05) is 24.4 Å². The van der Waals surface area contributed by atoms with E-state index in [0.29, 0.717) is 11.4 Å². The van der Waals surface area contributed by atoms with Crippen molar-refractivity contribution in [2.45, 2.75) is 19.9 Å². The molecule has 0 heterocycles. The van der Waals surface area contributed by atoms with Crippen molar-refractivity contribution in [2.75, 3.05) is 16.0 Å². The number of hydrogen-bond acceptors (Lipinski definition) is 5. The summed E-state index contributed by atoms with van der Waals surface area (Å²) < 4.78 is 0. The third kappa shape index (κ3) is 5.03. The van der Waals surface area contributed by atoms with E-state index in [-0.39, 0.29) is 17.3 Å². The van der Waals surface area contributed by atoms with E-state index in [0.717, 1.165) is 0 Å². The molecule has 130 valence electrons. The molecular weight excluding hydrogens is 324 g/mol. The Labute approximate surface area is 144 Å². The molecule has 0 unspecified atom stereocenters. The second-order valence-electron chi connectivity index (χ2n) is 5.39. The number of nitro benzene ring substituents is 1. The lowest BCUT2D eigenvalue weighted by molar-refractivity contribution is -0.383. The van der Waals surface area contributed by atoms with E-state index in [1.54, 1.807) is 37.3 Å². The van der Waals surface area contributed by atoms with Crippen molar-refractivity contribution in [3.8, 4) is 0 Å². The lowest BCUT2D eigenvalue weighted by Crippen LogP contribution is -2.32. The normalized spacial score (nSPS) is 11.3. The predicted molar refractivity (Wildman–Crippen MR) is 95.6 cm³/mol. The minimum Gasteiger partial charge on any atom is -0.374 e. The van der Waals surface area contributed by atoms with Crippen LogP contribution in [0.5, 0.6) is 0 Å². The lowest BCUT2D eigenvalue weighted by atomic mass is 10.2. The average Bonchev–Trinajstić information content (AvgIpc) is 2.54. The number of benzene rings is 2. The van der Waals surface area contributed by atoms with Crippen molar-refractivity contribution >= 4 is 34.6 Å². The average molecular weight is 342 g/mol. The monoisotopic (exact) mass is 342 g/mol. The number of carbonyl (C=O) groups excluding carboxylic acids is 2. The highest BCUT2D eigenvalue weighted by atomic mass is 16.6. The van der Waals surface area contributed by atoms with Gasteiger partial charge in [-0.1, -0.05) is 18.2 Å². The van der Waals surface area contributed by atoms with E-state index in [1.807, 2.05) is 0 Å². The molecule has 2 aromatic carbocycles. The topological polar surface area (TPSA) is 113 Å². The van der Waals surface area contributed by atoms with Gasteiger partial charge >= 0.3 is 0 Å². The summed E-state index contributed by atoms with van der Waals surface area (Å²) in [5.74, 6) is -0.612. The summed E-state index contributed by atoms with van der Waals surface area (Å²) in [5, 5.41) is 19.2. The molecule has 0 aliphatic heterocycles. The van der Waals surface area contributed by atoms with E-state index in [9.17, 15) is 19.7 Å². The van der Waals surface area contributed by atoms with Crippen LogP contribution in [0, 0.1) is 10.1 Å². The smallest absolute Gasteiger partial charge is 0.292 e. The Morgan fingerprint density at radius 2 is 1.72 bits per heavy atom. The van der Waals surface area contributed by atoms with E-state index in [1.165, 1.54) is 25.1 Å². The highest BCUT2D eigenvalue weighted by Crippen LogP contribution is 2.23. The van der Waals surface area contributed by atoms with Crippen LogP contribution in [0.4, 0.5) is 22.7 Å². The lowest BCUT2D eigenvalue weighted by Gasteiger charge is -2.16. The number of nitrogens with one attached hydrogen (secondary N) is 3. The van der Waals surface area contributed by atoms with Crippen molar-refractivity contribution in [1.29, 1.82) is 0 Å². The molecule has 0 aliphatic carbocycles. The Bertz CT molecular complexity index is 807. The first kappa shape index (κ1) is 17.9. The highest BCUT2D eigenvalue weighted by molar-refractivity contribution is 5.98. The van der Waals surface area contributed by atoms with Crippen LogP contribution in [0.2, 0.25) is 0 Å². The molecule has 3 N–H and O–H groups in total. The van der Waals surface area contributed by atoms with Crippen LogP contribution in [0.15, 0.2) is 48.5 Å². The van der Waals surface area contributed by atoms with E-state index >= 15 is 0 Å². The summed E-state index contributed by atoms with van der Waals surface area (Å²) >= 11 is 0. The van der Waals surface area contributed by atoms with Crippen LogP contribution < -0.4 is 16.0 Å². The fourth-order valence-corrected chi connectivity index (χ4v) is 2.19. The number of rotatable bonds is 6. The maximum atomic E-state index is 12.3. The van der Waals surface area contributed by atoms with Crippen molar-refractivity contribution in [3.05, 3.63) is 58.6 Å². The molecule has 0 saturated heterocycles. The van der Waals surface area contributed by atoms with Crippen molar-refractivity contribution in [2.24, 2.45) is 0 Å². The summed E-state index contributed by atoms with van der Waals surface area (Å²) in [6.45, 7) is 3.04. The molecule has 8 nitrogen and oxygen atoms in total. The number of carbonyl (C=O) groups is 2. The van der Waals surface area contributed by atoms with Crippen molar-refractivity contribution < 1.29 is 14.5 Å². The van der Waals surface area contributed by atoms with Gasteiger partial charge in [-0.15, -0.1) is 0 Å². The second-order valence-corrected chi connectivity index (χ2v) is 5.39. The molecule has 0 radical (unpaired) electrons. The van der Waals surface area contributed by atoms with Gasteiger partial charge in [0.1, 0.15) is 11.7 Å². The van der Waals surface area contributed by atoms with Gasteiger partial charge in [0.2, 0.25) is 11.8 Å². The maximum Gasteiger partial charge on any atom is 0.292 e. The number of amides is 2. The zero-order valence-electron chi connectivity index (χ0n) is 13.8. The summed E-state index contributed by atoms with van der Waals surface area (Å²) in [6, 6.07) is 12.2. The largest absolute Gasteiger partial charge is 0.374 e. The number of nitro groups is 1. The van der Waals surface area contributed by atoms with Gasteiger partial charge in [-0.3, -0.25) is 19.7 Å². The standard InChI is InChI=1S/C17H18N4O4/c1-11(18-13-6-5-7-14(10-13)19-12(2)22)17(23)20-15-8-3-4-9-16(15)21(24)25/h3-11,18H,1-2H3,(H,19,22)(H,20,23)/t11-/m0/s1. The van der Waals surface area contributed by atoms with Crippen LogP contribution in [0.3, 0.4) is 0 Å². The molecule has 0 bridgehead atoms. The van der Waals surface area contributed by atoms with Crippen LogP contribution >= 0.6 is 0 Å². The highest BCUT2D eigenvalue weighted by Gasteiger charge is 2.18. The first-order chi connectivity index (χ1) is 11.9. The van der Waals surface area contributed by atoms with E-state index in [4.69, 9.17) is 0 Å². The van der Waals surface area contributed by atoms with Gasteiger partial charge in [-0.05, 0) is 31.2 Å². The third-order valence-electron chi connectivity index (χ3n) is 3.32. The molecular formula is C17H18N4O4. The van der Waals surface area contributed by atoms with Gasteiger partial charge in [-0.25, -0.2) is 0 Å². The number of anilines is 3. The molecule has 1 atom stereocenters. The van der Waals surface area contributed by atoms with Crippen LogP contribution in [-0.2, 0) is 9.59 Å². The molecule has 0 spiro atoms. The number of hydrogen-bond donors (Lipinski definition) is 3. The van der Waals surface area contributed by atoms with Gasteiger partial charge in [0.15, 0.2) is 0 Å². The minimum absolute atomic E-state index is 0.137. The SMILES string of the molecule is CC(=O)Nc1cccc(N[C@@H](C)C(=O)Nc2ccccc2[N+](=O)[O-])c1. The molecule has 0 aromatic heterocycles. The van der Waals surface area contributed by atoms with E-state index in [2.05, 4.69) is 16.0 Å². The maximum absolute atomic E-state index is 12.3. The summed E-state index contributed by atoms with van der Waals surface area (Å²) in [4.78, 5) is 33.8. The van der Waals surface area contributed by atoms with Gasteiger partial charge in [0.05, 0.1) is 4.92 Å². The fourth-order valence-electron chi connectivity index (χ4n) is 2.19. The number of para-hydroxylation sites is 2. The Hall–Kier alpha value is -3.42. The second kappa shape index (κ2) is 7.91. The molecule has 8 heteroatoms.